The quantitative estimate of drug-likeness (QED) is 0.0410. The number of unbranched alkanes of at least 4 members (excludes halogenated alkanes) is 21. The summed E-state index contributed by atoms with van der Waals surface area (Å²) < 4.78 is 32.3. The molecule has 0 saturated carbocycles. The minimum Gasteiger partial charge on any atom is -0.387 e. The molecule has 0 heterocycles. The van der Waals surface area contributed by atoms with Gasteiger partial charge >= 0.3 is 0 Å². The number of hydrogen-bond acceptors (Lipinski definition) is 4. The molecule has 0 aliphatic carbocycles. The van der Waals surface area contributed by atoms with E-state index in [4.69, 9.17) is 0 Å². The Labute approximate surface area is 260 Å². The van der Waals surface area contributed by atoms with E-state index in [1.807, 2.05) is 6.08 Å². The smallest absolute Gasteiger partial charge is 0.267 e. The van der Waals surface area contributed by atoms with Gasteiger partial charge in [0, 0.05) is 6.42 Å². The Bertz CT molecular complexity index is 765. The highest BCUT2D eigenvalue weighted by Gasteiger charge is 2.24. The minimum atomic E-state index is -4.33. The van der Waals surface area contributed by atoms with Crippen molar-refractivity contribution in [3.05, 3.63) is 24.3 Å². The van der Waals surface area contributed by atoms with Gasteiger partial charge in [0.25, 0.3) is 10.1 Å². The Morgan fingerprint density at radius 1 is 0.619 bits per heavy atom. The Morgan fingerprint density at radius 3 is 1.50 bits per heavy atom. The lowest BCUT2D eigenvalue weighted by Gasteiger charge is -2.21. The van der Waals surface area contributed by atoms with E-state index in [-0.39, 0.29) is 12.3 Å². The summed E-state index contributed by atoms with van der Waals surface area (Å²) in [5, 5.41) is 13.1. The summed E-state index contributed by atoms with van der Waals surface area (Å²) in [4.78, 5) is 12.4. The van der Waals surface area contributed by atoms with Gasteiger partial charge < -0.3 is 10.4 Å². The van der Waals surface area contributed by atoms with Gasteiger partial charge in [0.05, 0.1) is 17.9 Å². The van der Waals surface area contributed by atoms with Crippen molar-refractivity contribution in [2.75, 3.05) is 5.75 Å². The molecule has 7 heteroatoms. The summed E-state index contributed by atoms with van der Waals surface area (Å²) in [6.45, 7) is 4.46. The number of carbonyl (C=O) groups is 1. The number of amides is 1. The molecule has 0 aliphatic heterocycles. The lowest BCUT2D eigenvalue weighted by molar-refractivity contribution is -0.122. The lowest BCUT2D eigenvalue weighted by Crippen LogP contribution is -2.46. The van der Waals surface area contributed by atoms with Crippen molar-refractivity contribution in [2.45, 2.75) is 187 Å². The van der Waals surface area contributed by atoms with E-state index >= 15 is 0 Å². The van der Waals surface area contributed by atoms with Gasteiger partial charge in [-0.3, -0.25) is 9.35 Å². The average molecular weight is 614 g/mol. The maximum Gasteiger partial charge on any atom is 0.267 e. The molecule has 2 atom stereocenters. The number of aliphatic hydroxyl groups is 1. The van der Waals surface area contributed by atoms with Gasteiger partial charge in [0.1, 0.15) is 0 Å². The van der Waals surface area contributed by atoms with Crippen LogP contribution < -0.4 is 5.32 Å². The zero-order valence-electron chi connectivity index (χ0n) is 27.4. The fourth-order valence-corrected chi connectivity index (χ4v) is 5.93. The predicted molar refractivity (Wildman–Crippen MR) is 179 cm³/mol. The Balaban J connectivity index is 4.01. The molecule has 0 bridgehead atoms. The van der Waals surface area contributed by atoms with E-state index in [0.717, 1.165) is 64.2 Å². The van der Waals surface area contributed by atoms with Gasteiger partial charge in [-0.05, 0) is 38.5 Å². The molecule has 0 spiro atoms. The number of aliphatic hydroxyl groups excluding tert-OH is 1. The average Bonchev–Trinajstić information content (AvgIpc) is 2.94. The van der Waals surface area contributed by atoms with Crippen molar-refractivity contribution < 1.29 is 22.9 Å². The second-order valence-electron chi connectivity index (χ2n) is 12.1. The summed E-state index contributed by atoms with van der Waals surface area (Å²) in [7, 11) is -4.33. The highest BCUT2D eigenvalue weighted by Crippen LogP contribution is 2.14. The van der Waals surface area contributed by atoms with Crippen LogP contribution in [0.3, 0.4) is 0 Å². The van der Waals surface area contributed by atoms with Gasteiger partial charge in [-0.2, -0.15) is 8.42 Å². The van der Waals surface area contributed by atoms with Crippen molar-refractivity contribution >= 4 is 16.0 Å². The van der Waals surface area contributed by atoms with E-state index in [9.17, 15) is 22.9 Å². The van der Waals surface area contributed by atoms with Crippen LogP contribution in [0.15, 0.2) is 24.3 Å². The predicted octanol–water partition coefficient (Wildman–Crippen LogP) is 9.62. The lowest BCUT2D eigenvalue weighted by atomic mass is 10.0. The molecular weight excluding hydrogens is 546 g/mol. The first-order chi connectivity index (χ1) is 20.3. The summed E-state index contributed by atoms with van der Waals surface area (Å²) in [5.74, 6) is -0.989. The fraction of sp³-hybridized carbons (Fsp3) is 0.857. The molecule has 248 valence electrons. The number of nitrogens with one attached hydrogen (secondary N) is 1. The van der Waals surface area contributed by atoms with E-state index < -0.39 is 28.0 Å². The molecule has 0 aliphatic rings. The van der Waals surface area contributed by atoms with Crippen LogP contribution in [0.1, 0.15) is 174 Å². The molecule has 3 N–H and O–H groups in total. The Kier molecular flexibility index (Phi) is 29.0. The summed E-state index contributed by atoms with van der Waals surface area (Å²) in [5.41, 5.74) is 0. The highest BCUT2D eigenvalue weighted by atomic mass is 32.2. The molecule has 0 radical (unpaired) electrons. The molecule has 42 heavy (non-hydrogen) atoms. The Morgan fingerprint density at radius 2 is 1.02 bits per heavy atom. The minimum absolute atomic E-state index is 0.286. The molecule has 0 aromatic carbocycles. The van der Waals surface area contributed by atoms with Gasteiger partial charge in [-0.25, -0.2) is 0 Å². The second kappa shape index (κ2) is 29.9. The van der Waals surface area contributed by atoms with Crippen molar-refractivity contribution in [2.24, 2.45) is 0 Å². The summed E-state index contributed by atoms with van der Waals surface area (Å²) >= 11 is 0. The SMILES string of the molecule is CCCC/C=C\CCCCCCCC(=O)NC(CS(=O)(=O)O)C(O)/C=C/CCCCCCCCCCCCCCCC. The number of carbonyl (C=O) groups excluding carboxylic acids is 1. The maximum absolute atomic E-state index is 12.4. The van der Waals surface area contributed by atoms with E-state index in [1.54, 1.807) is 6.08 Å². The zero-order chi connectivity index (χ0) is 31.2. The largest absolute Gasteiger partial charge is 0.387 e. The standard InChI is InChI=1S/C35H67NO5S/c1-3-5-7-9-11-13-15-16-17-18-19-21-22-24-26-28-30-34(37)33(32-42(39,40)41)36-35(38)31-29-27-25-23-20-14-12-10-8-6-4-2/h10,12,28,30,33-34,37H,3-9,11,13-27,29,31-32H2,1-2H3,(H,36,38)(H,39,40,41)/b12-10-,30-28+. The molecule has 0 saturated heterocycles. The zero-order valence-corrected chi connectivity index (χ0v) is 28.2. The summed E-state index contributed by atoms with van der Waals surface area (Å²) in [6, 6.07) is -1.06. The second-order valence-corrected chi connectivity index (χ2v) is 13.6. The van der Waals surface area contributed by atoms with Gasteiger partial charge in [-0.1, -0.05) is 154 Å². The normalized spacial score (nSPS) is 13.7. The number of hydrogen-bond donors (Lipinski definition) is 3. The first-order valence-corrected chi connectivity index (χ1v) is 19.1. The summed E-state index contributed by atoms with van der Waals surface area (Å²) in [6.07, 6.45) is 35.9. The highest BCUT2D eigenvalue weighted by molar-refractivity contribution is 7.85. The monoisotopic (exact) mass is 613 g/mol. The van der Waals surface area contributed by atoms with Crippen LogP contribution in [-0.2, 0) is 14.9 Å². The molecule has 2 unspecified atom stereocenters. The van der Waals surface area contributed by atoms with Gasteiger partial charge in [-0.15, -0.1) is 0 Å². The molecule has 6 nitrogen and oxygen atoms in total. The van der Waals surface area contributed by atoms with Gasteiger partial charge in [0.15, 0.2) is 0 Å². The van der Waals surface area contributed by atoms with Crippen LogP contribution in [0.25, 0.3) is 0 Å². The third-order valence-electron chi connectivity index (χ3n) is 7.87. The van der Waals surface area contributed by atoms with Crippen LogP contribution in [-0.4, -0.2) is 41.9 Å². The molecule has 1 amide bonds. The van der Waals surface area contributed by atoms with Crippen LogP contribution in [0.4, 0.5) is 0 Å². The number of allylic oxidation sites excluding steroid dienone is 3. The van der Waals surface area contributed by atoms with Crippen molar-refractivity contribution in [3.8, 4) is 0 Å². The molecule has 0 fully saturated rings. The van der Waals surface area contributed by atoms with Crippen molar-refractivity contribution in [1.82, 2.24) is 5.32 Å². The first-order valence-electron chi connectivity index (χ1n) is 17.5. The molecule has 0 rings (SSSR count). The van der Waals surface area contributed by atoms with Crippen molar-refractivity contribution in [1.29, 1.82) is 0 Å². The Hall–Kier alpha value is -1.18. The van der Waals surface area contributed by atoms with Gasteiger partial charge in [0.2, 0.25) is 5.91 Å². The third kappa shape index (κ3) is 30.3. The first kappa shape index (κ1) is 40.8. The van der Waals surface area contributed by atoms with E-state index in [2.05, 4.69) is 31.3 Å². The van der Waals surface area contributed by atoms with Crippen LogP contribution in [0.5, 0.6) is 0 Å². The molecule has 0 aromatic heterocycles. The van der Waals surface area contributed by atoms with E-state index in [0.29, 0.717) is 0 Å². The van der Waals surface area contributed by atoms with Crippen LogP contribution in [0, 0.1) is 0 Å². The maximum atomic E-state index is 12.4. The molecular formula is C35H67NO5S. The third-order valence-corrected chi connectivity index (χ3v) is 8.65. The van der Waals surface area contributed by atoms with Crippen LogP contribution >= 0.6 is 0 Å². The van der Waals surface area contributed by atoms with Crippen molar-refractivity contribution in [3.63, 3.8) is 0 Å². The fourth-order valence-electron chi connectivity index (χ4n) is 5.19. The number of rotatable bonds is 31. The van der Waals surface area contributed by atoms with E-state index in [1.165, 1.54) is 89.9 Å². The topological polar surface area (TPSA) is 104 Å². The van der Waals surface area contributed by atoms with Crippen LogP contribution in [0.2, 0.25) is 0 Å². The molecule has 0 aromatic rings.